The quantitative estimate of drug-likeness (QED) is 0.439. The van der Waals surface area contributed by atoms with Gasteiger partial charge < -0.3 is 15.8 Å². The van der Waals surface area contributed by atoms with E-state index in [1.165, 1.54) is 0 Å². The number of nitrogens with one attached hydrogen (secondary N) is 1. The molecule has 3 heterocycles. The molecule has 0 aliphatic heterocycles. The van der Waals surface area contributed by atoms with E-state index in [1.807, 2.05) is 26.0 Å². The molecule has 0 fully saturated rings. The van der Waals surface area contributed by atoms with Crippen molar-refractivity contribution in [2.45, 2.75) is 13.8 Å². The van der Waals surface area contributed by atoms with Crippen molar-refractivity contribution in [1.29, 1.82) is 5.26 Å². The highest BCUT2D eigenvalue weighted by Gasteiger charge is 2.18. The number of aromatic nitrogens is 3. The molecule has 4 rings (SSSR count). The maximum atomic E-state index is 10.1. The number of fused-ring (bicyclic) bond motifs is 1. The van der Waals surface area contributed by atoms with Gasteiger partial charge in [0.05, 0.1) is 12.1 Å². The van der Waals surface area contributed by atoms with E-state index >= 15 is 0 Å². The van der Waals surface area contributed by atoms with E-state index in [0.29, 0.717) is 39.0 Å². The fourth-order valence-electron chi connectivity index (χ4n) is 3.49. The number of benzene rings is 1. The average Bonchev–Trinajstić information content (AvgIpc) is 3.15. The summed E-state index contributed by atoms with van der Waals surface area (Å²) in [4.78, 5) is 15.1. The first kappa shape index (κ1) is 18.0. The third-order valence-corrected chi connectivity index (χ3v) is 5.01. The molecule has 7 heteroatoms. The van der Waals surface area contributed by atoms with Gasteiger partial charge in [-0.2, -0.15) is 5.26 Å². The molecule has 0 amide bonds. The third kappa shape index (κ3) is 2.82. The van der Waals surface area contributed by atoms with Crippen LogP contribution in [0.25, 0.3) is 38.3 Å². The Morgan fingerprint density at radius 1 is 1.21 bits per heavy atom. The van der Waals surface area contributed by atoms with Crippen molar-refractivity contribution in [3.8, 4) is 34.2 Å². The second kappa shape index (κ2) is 6.66. The summed E-state index contributed by atoms with van der Waals surface area (Å²) in [5.74, 6) is 0.344. The molecule has 29 heavy (non-hydrogen) atoms. The molecule has 4 aromatic rings. The Balaban J connectivity index is 1.96. The summed E-state index contributed by atoms with van der Waals surface area (Å²) < 4.78 is 0. The highest BCUT2D eigenvalue weighted by molar-refractivity contribution is 5.94. The van der Waals surface area contributed by atoms with Gasteiger partial charge in [-0.15, -0.1) is 0 Å². The van der Waals surface area contributed by atoms with Crippen molar-refractivity contribution in [2.75, 3.05) is 5.73 Å². The predicted octanol–water partition coefficient (Wildman–Crippen LogP) is 4.62. The number of nitriles is 1. The maximum absolute atomic E-state index is 10.1. The van der Waals surface area contributed by atoms with Gasteiger partial charge in [-0.3, -0.25) is 4.98 Å². The monoisotopic (exact) mass is 380 g/mol. The Morgan fingerprint density at radius 2 is 2.00 bits per heavy atom. The van der Waals surface area contributed by atoms with Crippen molar-refractivity contribution >= 4 is 22.5 Å². The van der Waals surface area contributed by atoms with Gasteiger partial charge in [-0.1, -0.05) is 6.07 Å². The van der Waals surface area contributed by atoms with Crippen LogP contribution >= 0.6 is 0 Å². The molecule has 1 aromatic carbocycles. The summed E-state index contributed by atoms with van der Waals surface area (Å²) in [5, 5.41) is 20.7. The summed E-state index contributed by atoms with van der Waals surface area (Å²) in [6.07, 6.45) is 3.22. The minimum absolute atomic E-state index is 0.170. The zero-order chi connectivity index (χ0) is 20.7. The number of nitrogen functional groups attached to an aromatic ring is 1. The van der Waals surface area contributed by atoms with Crippen molar-refractivity contribution in [3.05, 3.63) is 64.8 Å². The number of nitrogens with zero attached hydrogens (tertiary/aromatic N) is 4. The highest BCUT2D eigenvalue weighted by atomic mass is 16.3. The standard InChI is InChI=1S/C22H16N6O/c1-11-4-5-19(29)12(2)20(11)16-10-27-22-14(15(16)8-23)7-17(28-22)13-6-18(25-3)21(24)26-9-13/h4-7,9-10,29H,1-2H3,(H2,24,26)(H,27,28). The average molecular weight is 380 g/mol. The van der Waals surface area contributed by atoms with Gasteiger partial charge in [0.1, 0.15) is 23.3 Å². The number of aromatic hydroxyl groups is 1. The molecule has 0 saturated heterocycles. The van der Waals surface area contributed by atoms with Crippen LogP contribution in [0.5, 0.6) is 5.75 Å². The summed E-state index contributed by atoms with van der Waals surface area (Å²) in [6, 6.07) is 9.21. The zero-order valence-electron chi connectivity index (χ0n) is 15.8. The van der Waals surface area contributed by atoms with Gasteiger partial charge in [0.15, 0.2) is 0 Å². The molecular weight excluding hydrogens is 364 g/mol. The molecule has 7 nitrogen and oxygen atoms in total. The van der Waals surface area contributed by atoms with Crippen molar-refractivity contribution in [1.82, 2.24) is 15.0 Å². The lowest BCUT2D eigenvalue weighted by Gasteiger charge is -2.13. The largest absolute Gasteiger partial charge is 0.508 e. The van der Waals surface area contributed by atoms with Gasteiger partial charge in [0, 0.05) is 34.6 Å². The molecule has 0 atom stereocenters. The minimum atomic E-state index is 0.170. The van der Waals surface area contributed by atoms with Crippen LogP contribution in [-0.4, -0.2) is 20.1 Å². The number of hydrogen-bond acceptors (Lipinski definition) is 5. The van der Waals surface area contributed by atoms with Gasteiger partial charge >= 0.3 is 0 Å². The van der Waals surface area contributed by atoms with Crippen LogP contribution in [0.3, 0.4) is 0 Å². The number of phenols is 1. The molecule has 0 bridgehead atoms. The lowest BCUT2D eigenvalue weighted by atomic mass is 9.92. The Hall–Kier alpha value is -4.36. The van der Waals surface area contributed by atoms with E-state index in [2.05, 4.69) is 25.9 Å². The van der Waals surface area contributed by atoms with Crippen molar-refractivity contribution in [3.63, 3.8) is 0 Å². The molecule has 0 saturated carbocycles. The van der Waals surface area contributed by atoms with Gasteiger partial charge in [-0.05, 0) is 48.7 Å². The number of phenolic OH excluding ortho intramolecular Hbond substituents is 1. The topological polar surface area (TPSA) is 116 Å². The normalized spacial score (nSPS) is 10.6. The van der Waals surface area contributed by atoms with E-state index < -0.39 is 0 Å². The van der Waals surface area contributed by atoms with Crippen molar-refractivity contribution < 1.29 is 5.11 Å². The van der Waals surface area contributed by atoms with Gasteiger partial charge in [0.2, 0.25) is 5.69 Å². The van der Waals surface area contributed by atoms with Crippen LogP contribution < -0.4 is 5.73 Å². The minimum Gasteiger partial charge on any atom is -0.508 e. The van der Waals surface area contributed by atoms with E-state index in [0.717, 1.165) is 11.1 Å². The Bertz CT molecular complexity index is 1370. The van der Waals surface area contributed by atoms with E-state index in [9.17, 15) is 10.4 Å². The molecule has 3 aromatic heterocycles. The van der Waals surface area contributed by atoms with E-state index in [4.69, 9.17) is 12.3 Å². The molecule has 0 spiro atoms. The number of hydrogen-bond donors (Lipinski definition) is 3. The second-order valence-corrected chi connectivity index (χ2v) is 6.75. The molecule has 140 valence electrons. The summed E-state index contributed by atoms with van der Waals surface area (Å²) in [5.41, 5.74) is 11.4. The molecule has 4 N–H and O–H groups in total. The van der Waals surface area contributed by atoms with E-state index in [-0.39, 0.29) is 17.3 Å². The number of rotatable bonds is 2. The molecule has 0 radical (unpaired) electrons. The van der Waals surface area contributed by atoms with Crippen LogP contribution in [0.15, 0.2) is 36.7 Å². The van der Waals surface area contributed by atoms with Crippen LogP contribution in [0.4, 0.5) is 11.5 Å². The Morgan fingerprint density at radius 3 is 2.72 bits per heavy atom. The lowest BCUT2D eigenvalue weighted by molar-refractivity contribution is 0.471. The first-order chi connectivity index (χ1) is 13.9. The summed E-state index contributed by atoms with van der Waals surface area (Å²) >= 11 is 0. The number of pyridine rings is 2. The first-order valence-electron chi connectivity index (χ1n) is 8.79. The SMILES string of the molecule is [C-]#[N+]c1cc(-c2cc3c(C#N)c(-c4c(C)ccc(O)c4C)cnc3[nH]2)cnc1N. The molecular formula is C22H16N6O. The Labute approximate surface area is 166 Å². The predicted molar refractivity (Wildman–Crippen MR) is 111 cm³/mol. The first-order valence-corrected chi connectivity index (χ1v) is 8.79. The fraction of sp³-hybridized carbons (Fsp3) is 0.0909. The van der Waals surface area contributed by atoms with Crippen LogP contribution in [0, 0.1) is 31.8 Å². The Kier molecular flexibility index (Phi) is 4.14. The second-order valence-electron chi connectivity index (χ2n) is 6.75. The van der Waals surface area contributed by atoms with Gasteiger partial charge in [0.25, 0.3) is 0 Å². The van der Waals surface area contributed by atoms with Crippen molar-refractivity contribution in [2.24, 2.45) is 0 Å². The zero-order valence-corrected chi connectivity index (χ0v) is 15.8. The van der Waals surface area contributed by atoms with Crippen LogP contribution in [0.2, 0.25) is 0 Å². The molecule has 0 aliphatic rings. The fourth-order valence-corrected chi connectivity index (χ4v) is 3.49. The van der Waals surface area contributed by atoms with Crippen LogP contribution in [-0.2, 0) is 0 Å². The molecule has 0 aliphatic carbocycles. The number of aromatic amines is 1. The molecule has 0 unspecified atom stereocenters. The smallest absolute Gasteiger partial charge is 0.228 e. The number of nitrogens with two attached hydrogens (primary N) is 1. The number of aryl methyl sites for hydroxylation is 1. The highest BCUT2D eigenvalue weighted by Crippen LogP contribution is 2.37. The number of H-pyrrole nitrogens is 1. The summed E-state index contributed by atoms with van der Waals surface area (Å²) in [7, 11) is 0. The van der Waals surface area contributed by atoms with Crippen LogP contribution in [0.1, 0.15) is 16.7 Å². The lowest BCUT2D eigenvalue weighted by Crippen LogP contribution is -1.94. The maximum Gasteiger partial charge on any atom is 0.228 e. The third-order valence-electron chi connectivity index (χ3n) is 5.01. The number of anilines is 1. The van der Waals surface area contributed by atoms with Gasteiger partial charge in [-0.25, -0.2) is 9.83 Å². The van der Waals surface area contributed by atoms with E-state index in [1.54, 1.807) is 24.5 Å². The summed E-state index contributed by atoms with van der Waals surface area (Å²) in [6.45, 7) is 11.0.